The van der Waals surface area contributed by atoms with Crippen molar-refractivity contribution in [1.29, 1.82) is 5.41 Å². The zero-order valence-electron chi connectivity index (χ0n) is 8.03. The highest BCUT2D eigenvalue weighted by molar-refractivity contribution is 8.00. The average Bonchev–Trinajstić information content (AvgIpc) is 2.18. The Bertz CT molecular complexity index is 310. The molecule has 0 aliphatic rings. The lowest BCUT2D eigenvalue weighted by Crippen LogP contribution is -2.10. The van der Waals surface area contributed by atoms with Crippen LogP contribution in [0.5, 0.6) is 0 Å². The lowest BCUT2D eigenvalue weighted by atomic mass is 10.2. The van der Waals surface area contributed by atoms with Crippen molar-refractivity contribution in [3.8, 4) is 0 Å². The van der Waals surface area contributed by atoms with E-state index in [-0.39, 0.29) is 17.7 Å². The maximum atomic E-state index is 8.86. The van der Waals surface area contributed by atoms with Crippen molar-refractivity contribution in [1.82, 2.24) is 0 Å². The summed E-state index contributed by atoms with van der Waals surface area (Å²) in [5, 5.41) is 16.3. The fraction of sp³-hybridized carbons (Fsp3) is 0.300. The summed E-state index contributed by atoms with van der Waals surface area (Å²) in [5.41, 5.74) is 6.06. The summed E-state index contributed by atoms with van der Waals surface area (Å²) in [6.07, 6.45) is 0. The third-order valence-corrected chi connectivity index (χ3v) is 2.86. The first kappa shape index (κ1) is 11.1. The molecule has 1 atom stereocenters. The van der Waals surface area contributed by atoms with Crippen molar-refractivity contribution in [2.45, 2.75) is 17.1 Å². The number of hydrogen-bond acceptors (Lipinski definition) is 3. The predicted octanol–water partition coefficient (Wildman–Crippen LogP) is 1.44. The summed E-state index contributed by atoms with van der Waals surface area (Å²) in [5.74, 6) is 0.0803. The van der Waals surface area contributed by atoms with Crippen LogP contribution in [0.4, 0.5) is 0 Å². The Balaban J connectivity index is 2.68. The second-order valence-corrected chi connectivity index (χ2v) is 4.56. The molecule has 0 amide bonds. The number of aliphatic hydroxyl groups excluding tert-OH is 1. The highest BCUT2D eigenvalue weighted by Crippen LogP contribution is 2.22. The van der Waals surface area contributed by atoms with Gasteiger partial charge in [-0.1, -0.05) is 19.1 Å². The molecule has 0 fully saturated rings. The van der Waals surface area contributed by atoms with Gasteiger partial charge in [-0.2, -0.15) is 0 Å². The molecule has 0 bridgehead atoms. The van der Waals surface area contributed by atoms with Crippen LogP contribution >= 0.6 is 11.8 Å². The van der Waals surface area contributed by atoms with E-state index in [1.165, 1.54) is 0 Å². The van der Waals surface area contributed by atoms with Crippen molar-refractivity contribution in [2.75, 3.05) is 6.61 Å². The summed E-state index contributed by atoms with van der Waals surface area (Å²) in [4.78, 5) is 1.08. The lowest BCUT2D eigenvalue weighted by molar-refractivity contribution is 0.300. The van der Waals surface area contributed by atoms with Gasteiger partial charge in [-0.3, -0.25) is 5.41 Å². The number of hydrogen-bond donors (Lipinski definition) is 3. The van der Waals surface area contributed by atoms with Crippen molar-refractivity contribution in [3.63, 3.8) is 0 Å². The second-order valence-electron chi connectivity index (χ2n) is 3.05. The number of rotatable bonds is 4. The maximum absolute atomic E-state index is 8.86. The quantitative estimate of drug-likeness (QED) is 0.400. The second kappa shape index (κ2) is 5.02. The molecule has 0 aliphatic heterocycles. The Morgan fingerprint density at radius 1 is 1.50 bits per heavy atom. The van der Waals surface area contributed by atoms with Gasteiger partial charge in [0.25, 0.3) is 0 Å². The van der Waals surface area contributed by atoms with E-state index in [0.717, 1.165) is 10.5 Å². The summed E-state index contributed by atoms with van der Waals surface area (Å²) in [6, 6.07) is 7.45. The minimum absolute atomic E-state index is 0.0803. The number of nitrogen functional groups attached to an aromatic ring is 1. The lowest BCUT2D eigenvalue weighted by Gasteiger charge is -2.07. The molecule has 76 valence electrons. The van der Waals surface area contributed by atoms with Gasteiger partial charge in [0.05, 0.1) is 6.61 Å². The van der Waals surface area contributed by atoms with E-state index in [4.69, 9.17) is 16.2 Å². The van der Waals surface area contributed by atoms with E-state index >= 15 is 0 Å². The first-order valence-electron chi connectivity index (χ1n) is 4.35. The molecule has 3 nitrogen and oxygen atoms in total. The third kappa shape index (κ3) is 3.05. The van der Waals surface area contributed by atoms with Gasteiger partial charge < -0.3 is 10.8 Å². The normalized spacial score (nSPS) is 12.4. The fourth-order valence-corrected chi connectivity index (χ4v) is 1.82. The number of benzene rings is 1. The monoisotopic (exact) mass is 210 g/mol. The van der Waals surface area contributed by atoms with Crippen LogP contribution < -0.4 is 5.73 Å². The van der Waals surface area contributed by atoms with E-state index in [1.807, 2.05) is 31.2 Å². The van der Waals surface area contributed by atoms with E-state index in [2.05, 4.69) is 0 Å². The molecule has 0 aliphatic carbocycles. The van der Waals surface area contributed by atoms with Gasteiger partial charge >= 0.3 is 0 Å². The molecule has 0 radical (unpaired) electrons. The largest absolute Gasteiger partial charge is 0.395 e. The molecular formula is C10H14N2OS. The number of nitrogens with two attached hydrogens (primary N) is 1. The van der Waals surface area contributed by atoms with Crippen molar-refractivity contribution in [3.05, 3.63) is 29.8 Å². The van der Waals surface area contributed by atoms with Crippen LogP contribution in [0.2, 0.25) is 0 Å². The van der Waals surface area contributed by atoms with Crippen molar-refractivity contribution in [2.24, 2.45) is 5.73 Å². The Morgan fingerprint density at radius 2 is 2.07 bits per heavy atom. The first-order chi connectivity index (χ1) is 6.63. The molecule has 4 N–H and O–H groups in total. The van der Waals surface area contributed by atoms with E-state index in [9.17, 15) is 0 Å². The van der Waals surface area contributed by atoms with Gasteiger partial charge in [0.15, 0.2) is 0 Å². The first-order valence-corrected chi connectivity index (χ1v) is 5.23. The molecule has 0 spiro atoms. The van der Waals surface area contributed by atoms with Gasteiger partial charge in [-0.25, -0.2) is 0 Å². The summed E-state index contributed by atoms with van der Waals surface area (Å²) in [6.45, 7) is 2.13. The average molecular weight is 210 g/mol. The molecule has 1 unspecified atom stereocenters. The minimum Gasteiger partial charge on any atom is -0.395 e. The van der Waals surface area contributed by atoms with E-state index in [0.29, 0.717) is 0 Å². The summed E-state index contributed by atoms with van der Waals surface area (Å²) in [7, 11) is 0. The van der Waals surface area contributed by atoms with Gasteiger partial charge in [0, 0.05) is 15.7 Å². The maximum Gasteiger partial charge on any atom is 0.122 e. The number of aliphatic hydroxyl groups is 1. The number of nitrogens with one attached hydrogen (secondary N) is 1. The number of thioether (sulfide) groups is 1. The molecule has 14 heavy (non-hydrogen) atoms. The SMILES string of the molecule is CC(CO)Sc1ccc(C(=N)N)cc1. The molecular weight excluding hydrogens is 196 g/mol. The molecule has 0 aromatic heterocycles. The fourth-order valence-electron chi connectivity index (χ4n) is 0.983. The van der Waals surface area contributed by atoms with Crippen LogP contribution in [0.25, 0.3) is 0 Å². The summed E-state index contributed by atoms with van der Waals surface area (Å²) >= 11 is 1.60. The third-order valence-electron chi connectivity index (χ3n) is 1.76. The van der Waals surface area contributed by atoms with Crippen LogP contribution in [0.15, 0.2) is 29.2 Å². The van der Waals surface area contributed by atoms with Gasteiger partial charge in [-0.15, -0.1) is 11.8 Å². The topological polar surface area (TPSA) is 70.1 Å². The van der Waals surface area contributed by atoms with Crippen LogP contribution in [0, 0.1) is 5.41 Å². The Morgan fingerprint density at radius 3 is 2.50 bits per heavy atom. The van der Waals surface area contributed by atoms with Crippen LogP contribution in [-0.2, 0) is 0 Å². The molecule has 1 aromatic carbocycles. The zero-order valence-corrected chi connectivity index (χ0v) is 8.84. The minimum atomic E-state index is 0.0803. The Labute approximate surface area is 87.8 Å². The molecule has 1 aromatic rings. The molecule has 0 heterocycles. The summed E-state index contributed by atoms with van der Waals surface area (Å²) < 4.78 is 0. The van der Waals surface area contributed by atoms with E-state index in [1.54, 1.807) is 11.8 Å². The van der Waals surface area contributed by atoms with Gasteiger partial charge in [0.2, 0.25) is 0 Å². The van der Waals surface area contributed by atoms with E-state index < -0.39 is 0 Å². The molecule has 1 rings (SSSR count). The smallest absolute Gasteiger partial charge is 0.122 e. The van der Waals surface area contributed by atoms with Crippen LogP contribution in [0.3, 0.4) is 0 Å². The Hall–Kier alpha value is -1.00. The highest BCUT2D eigenvalue weighted by atomic mass is 32.2. The van der Waals surface area contributed by atoms with Crippen LogP contribution in [-0.4, -0.2) is 22.8 Å². The van der Waals surface area contributed by atoms with Crippen molar-refractivity contribution < 1.29 is 5.11 Å². The molecule has 0 saturated heterocycles. The standard InChI is InChI=1S/C10H14N2OS/c1-7(6-13)14-9-4-2-8(3-5-9)10(11)12/h2-5,7,13H,6H2,1H3,(H3,11,12). The Kier molecular flexibility index (Phi) is 3.98. The predicted molar refractivity (Wildman–Crippen MR) is 59.9 cm³/mol. The molecule has 4 heteroatoms. The number of amidine groups is 1. The zero-order chi connectivity index (χ0) is 10.6. The van der Waals surface area contributed by atoms with Crippen molar-refractivity contribution >= 4 is 17.6 Å². The van der Waals surface area contributed by atoms with Gasteiger partial charge in [0.1, 0.15) is 5.84 Å². The molecule has 0 saturated carbocycles. The van der Waals surface area contributed by atoms with Crippen LogP contribution in [0.1, 0.15) is 12.5 Å². The highest BCUT2D eigenvalue weighted by Gasteiger charge is 2.02. The van der Waals surface area contributed by atoms with Gasteiger partial charge in [-0.05, 0) is 12.1 Å².